The molecule has 1 aliphatic heterocycles. The largest absolute Gasteiger partial charge is 0.377 e. The normalized spacial score (nSPS) is 34.1. The Balaban J connectivity index is 0.00000122. The Bertz CT molecular complexity index is 738. The lowest BCUT2D eigenvalue weighted by Gasteiger charge is -2.58. The highest BCUT2D eigenvalue weighted by Gasteiger charge is 2.57. The van der Waals surface area contributed by atoms with Crippen LogP contribution in [0, 0.1) is 34.5 Å². The maximum absolute atomic E-state index is 4.72. The van der Waals surface area contributed by atoms with Gasteiger partial charge in [-0.15, -0.1) is 13.2 Å². The van der Waals surface area contributed by atoms with E-state index in [2.05, 4.69) is 52.0 Å². The molecule has 0 N–H and O–H groups in total. The van der Waals surface area contributed by atoms with E-state index in [1.165, 1.54) is 75.5 Å². The first kappa shape index (κ1) is 34.8. The van der Waals surface area contributed by atoms with Gasteiger partial charge in [-0.1, -0.05) is 74.1 Å². The molecule has 0 spiro atoms. The summed E-state index contributed by atoms with van der Waals surface area (Å²) < 4.78 is 0. The monoisotopic (exact) mass is 500 g/mol. The van der Waals surface area contributed by atoms with Gasteiger partial charge in [0.05, 0.1) is 0 Å². The van der Waals surface area contributed by atoms with Gasteiger partial charge >= 0.3 is 0 Å². The van der Waals surface area contributed by atoms with E-state index in [1.54, 1.807) is 11.3 Å². The maximum Gasteiger partial charge on any atom is 0.0208 e. The molecule has 2 fully saturated rings. The molecule has 0 amide bonds. The molecule has 210 valence electrons. The predicted molar refractivity (Wildman–Crippen MR) is 166 cm³/mol. The standard InChI is InChI=1S/C26H41N.C4H8.2C2H6.CH4/c1-7-8-9-10-20-11-12-22-24-23(19(3)16-26(20,22)5)25(4)14-13-18(2)15-21(25)17-27(24)6;1-4(2)3;2*1-2;/h7,18,20-22H,1,3,8-17H2,2,4-6H3;1H2,2-3H3;2*1-2H3;1H4. The van der Waals surface area contributed by atoms with Gasteiger partial charge < -0.3 is 4.90 Å². The van der Waals surface area contributed by atoms with E-state index in [4.69, 9.17) is 6.58 Å². The van der Waals surface area contributed by atoms with Crippen LogP contribution in [0.5, 0.6) is 0 Å². The SMILES string of the molecule is C.C=C(C)C.C=CCCCC1CCC2C3=C(C(=C)CC12C)C1(C)CCC(C)CC1CN3C.CC.CC. The highest BCUT2D eigenvalue weighted by atomic mass is 15.1. The Morgan fingerprint density at radius 1 is 1.08 bits per heavy atom. The second kappa shape index (κ2) is 15.2. The fourth-order valence-corrected chi connectivity index (χ4v) is 7.72. The van der Waals surface area contributed by atoms with E-state index in [1.807, 2.05) is 41.5 Å². The van der Waals surface area contributed by atoms with Crippen molar-refractivity contribution in [3.8, 4) is 0 Å². The molecule has 0 aromatic rings. The molecule has 6 atom stereocenters. The Morgan fingerprint density at radius 3 is 2.22 bits per heavy atom. The Morgan fingerprint density at radius 2 is 1.67 bits per heavy atom. The molecule has 0 bridgehead atoms. The van der Waals surface area contributed by atoms with Crippen molar-refractivity contribution in [2.45, 2.75) is 128 Å². The van der Waals surface area contributed by atoms with Gasteiger partial charge in [0.1, 0.15) is 0 Å². The van der Waals surface area contributed by atoms with Crippen LogP contribution in [0.15, 0.2) is 48.2 Å². The minimum Gasteiger partial charge on any atom is -0.377 e. The highest BCUT2D eigenvalue weighted by Crippen LogP contribution is 2.65. The van der Waals surface area contributed by atoms with Crippen molar-refractivity contribution in [1.29, 1.82) is 0 Å². The van der Waals surface area contributed by atoms with E-state index in [-0.39, 0.29) is 7.43 Å². The molecule has 3 aliphatic carbocycles. The fourth-order valence-electron chi connectivity index (χ4n) is 7.72. The van der Waals surface area contributed by atoms with E-state index in [0.717, 1.165) is 23.7 Å². The molecule has 2 saturated carbocycles. The summed E-state index contributed by atoms with van der Waals surface area (Å²) in [7, 11) is 2.39. The number of allylic oxidation sites excluding steroid dienone is 5. The van der Waals surface area contributed by atoms with E-state index in [9.17, 15) is 0 Å². The number of hydrogen-bond acceptors (Lipinski definition) is 1. The molecule has 36 heavy (non-hydrogen) atoms. The van der Waals surface area contributed by atoms with Crippen LogP contribution in [0.2, 0.25) is 0 Å². The first-order chi connectivity index (χ1) is 16.5. The summed E-state index contributed by atoms with van der Waals surface area (Å²) in [5.74, 6) is 3.32. The van der Waals surface area contributed by atoms with Gasteiger partial charge in [-0.3, -0.25) is 0 Å². The lowest BCUT2D eigenvalue weighted by molar-refractivity contribution is 0.0441. The summed E-state index contributed by atoms with van der Waals surface area (Å²) in [6, 6.07) is 0. The van der Waals surface area contributed by atoms with Crippen molar-refractivity contribution in [1.82, 2.24) is 4.90 Å². The summed E-state index contributed by atoms with van der Waals surface area (Å²) in [6.45, 7) is 33.1. The number of nitrogens with zero attached hydrogens (tertiary/aromatic N) is 1. The molecule has 0 aromatic heterocycles. The van der Waals surface area contributed by atoms with Gasteiger partial charge in [-0.25, -0.2) is 0 Å². The summed E-state index contributed by atoms with van der Waals surface area (Å²) in [6.07, 6.45) is 14.1. The number of rotatable bonds is 4. The minimum absolute atomic E-state index is 0. The third-order valence-corrected chi connectivity index (χ3v) is 9.25. The van der Waals surface area contributed by atoms with Crippen molar-refractivity contribution in [3.05, 3.63) is 48.2 Å². The van der Waals surface area contributed by atoms with Crippen LogP contribution in [-0.2, 0) is 0 Å². The summed E-state index contributed by atoms with van der Waals surface area (Å²) in [4.78, 5) is 2.68. The number of fused-ring (bicyclic) bond motifs is 4. The van der Waals surface area contributed by atoms with Crippen LogP contribution in [0.25, 0.3) is 0 Å². The predicted octanol–water partition coefficient (Wildman–Crippen LogP) is 11.2. The molecule has 4 aliphatic rings. The average molecular weight is 500 g/mol. The second-order valence-electron chi connectivity index (χ2n) is 12.2. The summed E-state index contributed by atoms with van der Waals surface area (Å²) in [5, 5.41) is 0. The van der Waals surface area contributed by atoms with Crippen LogP contribution in [0.4, 0.5) is 0 Å². The van der Waals surface area contributed by atoms with Crippen molar-refractivity contribution in [2.24, 2.45) is 34.5 Å². The maximum atomic E-state index is 4.72. The van der Waals surface area contributed by atoms with Crippen LogP contribution >= 0.6 is 0 Å². The molecular weight excluding hydrogens is 434 g/mol. The molecule has 4 rings (SSSR count). The molecule has 6 unspecified atom stereocenters. The van der Waals surface area contributed by atoms with E-state index in [0.29, 0.717) is 10.8 Å². The second-order valence-corrected chi connectivity index (χ2v) is 12.2. The van der Waals surface area contributed by atoms with E-state index < -0.39 is 0 Å². The first-order valence-electron chi connectivity index (χ1n) is 14.9. The lowest BCUT2D eigenvalue weighted by Crippen LogP contribution is -2.52. The minimum atomic E-state index is 0. The zero-order chi connectivity index (χ0) is 27.0. The summed E-state index contributed by atoms with van der Waals surface area (Å²) in [5.41, 5.74) is 6.90. The lowest BCUT2D eigenvalue weighted by atomic mass is 9.52. The number of hydrogen-bond donors (Lipinski definition) is 0. The van der Waals surface area contributed by atoms with Gasteiger partial charge in [-0.2, -0.15) is 0 Å². The van der Waals surface area contributed by atoms with Gasteiger partial charge in [0.15, 0.2) is 0 Å². The molecule has 1 nitrogen and oxygen atoms in total. The fraction of sp³-hybridized carbons (Fsp3) is 0.771. The van der Waals surface area contributed by atoms with Crippen molar-refractivity contribution in [3.63, 3.8) is 0 Å². The molecule has 0 saturated heterocycles. The summed E-state index contributed by atoms with van der Waals surface area (Å²) >= 11 is 0. The molecule has 1 heteroatoms. The third-order valence-electron chi connectivity index (χ3n) is 9.25. The van der Waals surface area contributed by atoms with Gasteiger partial charge in [0.2, 0.25) is 0 Å². The van der Waals surface area contributed by atoms with Crippen LogP contribution in [0.1, 0.15) is 128 Å². The van der Waals surface area contributed by atoms with Crippen molar-refractivity contribution in [2.75, 3.05) is 13.6 Å². The first-order valence-corrected chi connectivity index (χ1v) is 14.9. The molecule has 1 heterocycles. The van der Waals surface area contributed by atoms with Crippen LogP contribution in [0.3, 0.4) is 0 Å². The average Bonchev–Trinajstić information content (AvgIpc) is 3.13. The van der Waals surface area contributed by atoms with Crippen LogP contribution in [-0.4, -0.2) is 18.5 Å². The highest BCUT2D eigenvalue weighted by molar-refractivity contribution is 5.47. The van der Waals surface area contributed by atoms with Crippen LogP contribution < -0.4 is 0 Å². The van der Waals surface area contributed by atoms with E-state index >= 15 is 0 Å². The Hall–Kier alpha value is -1.24. The van der Waals surface area contributed by atoms with Gasteiger partial charge in [0.25, 0.3) is 0 Å². The number of unbranched alkanes of at least 4 members (excludes halogenated alkanes) is 1. The molecular formula is C35H65N. The van der Waals surface area contributed by atoms with Gasteiger partial charge in [0, 0.05) is 25.2 Å². The molecule has 0 aromatic carbocycles. The van der Waals surface area contributed by atoms with Crippen molar-refractivity contribution < 1.29 is 0 Å². The topological polar surface area (TPSA) is 3.24 Å². The molecule has 0 radical (unpaired) electrons. The zero-order valence-electron chi connectivity index (χ0n) is 25.5. The van der Waals surface area contributed by atoms with Crippen molar-refractivity contribution >= 4 is 0 Å². The quantitative estimate of drug-likeness (QED) is 0.274. The zero-order valence-corrected chi connectivity index (χ0v) is 25.5. The Kier molecular flexibility index (Phi) is 14.7. The Labute approximate surface area is 228 Å². The van der Waals surface area contributed by atoms with Gasteiger partial charge in [-0.05, 0) is 111 Å². The smallest absolute Gasteiger partial charge is 0.0208 e. The third kappa shape index (κ3) is 7.20.